The molecule has 0 aliphatic heterocycles. The van der Waals surface area contributed by atoms with Crippen LogP contribution in [0.3, 0.4) is 0 Å². The third-order valence-corrected chi connectivity index (χ3v) is 0.494. The summed E-state index contributed by atoms with van der Waals surface area (Å²) < 4.78 is 65.9. The minimum absolute atomic E-state index is 0. The molecule has 0 saturated heterocycles. The Bertz CT molecular complexity index is 140. The van der Waals surface area contributed by atoms with Crippen LogP contribution >= 0.6 is 0 Å². The van der Waals surface area contributed by atoms with Crippen molar-refractivity contribution in [1.29, 1.82) is 0 Å². The molecule has 11 heavy (non-hydrogen) atoms. The molecular formula is C2CrF6N2+3. The molecule has 9 heteroatoms. The second-order valence-electron chi connectivity index (χ2n) is 1.14. The normalized spacial score (nSPS) is 12.4. The fraction of sp³-hybridized carbons (Fsp3) is 0.500. The summed E-state index contributed by atoms with van der Waals surface area (Å²) in [6.07, 6.45) is -5.46. The molecule has 0 saturated carbocycles. The number of amidine groups is 1. The van der Waals surface area contributed by atoms with Crippen molar-refractivity contribution in [1.82, 2.24) is 5.34 Å². The number of halogens is 6. The summed E-state index contributed by atoms with van der Waals surface area (Å²) in [7, 11) is 0. The van der Waals surface area contributed by atoms with E-state index in [9.17, 15) is 26.6 Å². The fourth-order valence-corrected chi connectivity index (χ4v) is 0.172. The van der Waals surface area contributed by atoms with E-state index in [4.69, 9.17) is 0 Å². The van der Waals surface area contributed by atoms with Crippen LogP contribution in [0.25, 0.3) is 0 Å². The predicted octanol–water partition coefficient (Wildman–Crippen LogP) is 1.90. The average Bonchev–Trinajstić information content (AvgIpc) is 1.60. The van der Waals surface area contributed by atoms with Crippen LogP contribution in [0, 0.1) is 0 Å². The van der Waals surface area contributed by atoms with Crippen LogP contribution in [-0.4, -0.2) is 17.4 Å². The summed E-state index contributed by atoms with van der Waals surface area (Å²) in [4.78, 5) is 0. The number of hydrogen-bond acceptors (Lipinski definition) is 1. The van der Waals surface area contributed by atoms with Crippen molar-refractivity contribution in [2.24, 2.45) is 5.21 Å². The van der Waals surface area contributed by atoms with E-state index in [2.05, 4.69) is 0 Å². The van der Waals surface area contributed by atoms with Gasteiger partial charge in [0.15, 0.2) is 0 Å². The first kappa shape index (κ1) is 13.2. The molecule has 63 valence electrons. The van der Waals surface area contributed by atoms with Crippen LogP contribution in [0.15, 0.2) is 5.21 Å². The number of nitrogens with zero attached hydrogens (tertiary/aromatic N) is 2. The van der Waals surface area contributed by atoms with Gasteiger partial charge in [-0.15, -0.1) is 0 Å². The molecule has 0 aromatic rings. The Morgan fingerprint density at radius 3 is 1.55 bits per heavy atom. The van der Waals surface area contributed by atoms with Gasteiger partial charge in [0.2, 0.25) is 0 Å². The molecule has 0 unspecified atom stereocenters. The third-order valence-electron chi connectivity index (χ3n) is 0.494. The first-order chi connectivity index (χ1) is 4.39. The van der Waals surface area contributed by atoms with Gasteiger partial charge in [-0.2, -0.15) is 13.2 Å². The van der Waals surface area contributed by atoms with E-state index in [0.717, 1.165) is 5.21 Å². The molecular weight excluding hydrogens is 218 g/mol. The van der Waals surface area contributed by atoms with Crippen molar-refractivity contribution in [2.45, 2.75) is 6.18 Å². The fourth-order valence-electron chi connectivity index (χ4n) is 0.172. The molecule has 2 nitrogen and oxygen atoms in total. The van der Waals surface area contributed by atoms with Crippen LogP contribution < -0.4 is 0 Å². The maximum atomic E-state index is 11.1. The van der Waals surface area contributed by atoms with Crippen LogP contribution in [0.5, 0.6) is 0 Å². The van der Waals surface area contributed by atoms with Crippen molar-refractivity contribution in [2.75, 3.05) is 0 Å². The van der Waals surface area contributed by atoms with Crippen molar-refractivity contribution < 1.29 is 44.0 Å². The molecule has 0 aromatic carbocycles. The predicted molar refractivity (Wildman–Crippen MR) is 18.7 cm³/mol. The molecule has 0 fully saturated rings. The topological polar surface area (TPSA) is 15.6 Å². The van der Waals surface area contributed by atoms with E-state index in [0.29, 0.717) is 0 Å². The van der Waals surface area contributed by atoms with E-state index >= 15 is 0 Å². The van der Waals surface area contributed by atoms with Gasteiger partial charge in [0.05, 0.1) is 0 Å². The molecule has 0 rings (SSSR count). The average molecular weight is 218 g/mol. The van der Waals surface area contributed by atoms with Gasteiger partial charge in [-0.1, -0.05) is 18.7 Å². The van der Waals surface area contributed by atoms with Crippen molar-refractivity contribution in [3.8, 4) is 0 Å². The zero-order valence-corrected chi connectivity index (χ0v) is 5.85. The second-order valence-corrected chi connectivity index (χ2v) is 1.14. The second kappa shape index (κ2) is 4.46. The summed E-state index contributed by atoms with van der Waals surface area (Å²) in [6.45, 7) is 0. The van der Waals surface area contributed by atoms with Crippen LogP contribution in [0.2, 0.25) is 0 Å². The Labute approximate surface area is 67.4 Å². The van der Waals surface area contributed by atoms with Gasteiger partial charge in [-0.05, 0) is 5.34 Å². The summed E-state index contributed by atoms with van der Waals surface area (Å²) in [5.41, 5.74) is 0. The smallest absolute Gasteiger partial charge is 0.163 e. The monoisotopic (exact) mass is 218 g/mol. The summed E-state index contributed by atoms with van der Waals surface area (Å²) in [6, 6.07) is 0. The summed E-state index contributed by atoms with van der Waals surface area (Å²) in [5.74, 6) is -2.87. The zero-order chi connectivity index (χ0) is 8.36. The van der Waals surface area contributed by atoms with E-state index in [1.807, 2.05) is 0 Å². The van der Waals surface area contributed by atoms with E-state index < -0.39 is 17.4 Å². The molecule has 0 amide bonds. The molecule has 0 aliphatic rings. The molecule has 0 aliphatic carbocycles. The largest absolute Gasteiger partial charge is 3.00 e. The molecule has 0 N–H and O–H groups in total. The molecule has 0 atom stereocenters. The third kappa shape index (κ3) is 4.11. The van der Waals surface area contributed by atoms with Gasteiger partial charge in [-0.25, -0.2) is 0 Å². The minimum Gasteiger partial charge on any atom is -0.163 e. The molecule has 0 spiro atoms. The van der Waals surface area contributed by atoms with Gasteiger partial charge in [0, 0.05) is 0 Å². The minimum atomic E-state index is -5.46. The van der Waals surface area contributed by atoms with E-state index in [-0.39, 0.29) is 17.4 Å². The molecule has 0 heterocycles. The van der Waals surface area contributed by atoms with Crippen molar-refractivity contribution >= 4 is 5.84 Å². The SMILES string of the molecule is FN=C(N(F)F)C(F)(F)F.[Cr+3]. The standard InChI is InChI=1S/C2F6N2.Cr/c3-2(4,5)1(9-6)10(7)8;/q;+3. The van der Waals surface area contributed by atoms with Crippen molar-refractivity contribution in [3.05, 3.63) is 0 Å². The Morgan fingerprint density at radius 1 is 1.18 bits per heavy atom. The Morgan fingerprint density at radius 2 is 1.55 bits per heavy atom. The van der Waals surface area contributed by atoms with Crippen LogP contribution in [-0.2, 0) is 17.4 Å². The van der Waals surface area contributed by atoms with E-state index in [1.54, 1.807) is 0 Å². The quantitative estimate of drug-likeness (QED) is 0.262. The first-order valence-electron chi connectivity index (χ1n) is 1.77. The Hall–Kier alpha value is -0.418. The van der Waals surface area contributed by atoms with Gasteiger partial charge in [-0.3, -0.25) is 0 Å². The molecule has 0 aromatic heterocycles. The Kier molecular flexibility index (Phi) is 5.35. The van der Waals surface area contributed by atoms with Gasteiger partial charge in [0.25, 0.3) is 0 Å². The molecule has 1 radical (unpaired) electrons. The maximum absolute atomic E-state index is 11.1. The number of rotatable bonds is 0. The Balaban J connectivity index is 0. The zero-order valence-electron chi connectivity index (χ0n) is 4.57. The summed E-state index contributed by atoms with van der Waals surface area (Å²) in [5, 5.41) is -1.62. The van der Waals surface area contributed by atoms with Crippen LogP contribution in [0.1, 0.15) is 0 Å². The van der Waals surface area contributed by atoms with E-state index in [1.165, 1.54) is 0 Å². The summed E-state index contributed by atoms with van der Waals surface area (Å²) >= 11 is 0. The molecule has 0 bridgehead atoms. The maximum Gasteiger partial charge on any atom is 3.00 e. The van der Waals surface area contributed by atoms with Gasteiger partial charge >= 0.3 is 29.4 Å². The first-order valence-corrected chi connectivity index (χ1v) is 1.77. The van der Waals surface area contributed by atoms with Gasteiger partial charge < -0.3 is 0 Å². The van der Waals surface area contributed by atoms with Crippen molar-refractivity contribution in [3.63, 3.8) is 0 Å². The number of hydrogen-bond donors (Lipinski definition) is 0. The van der Waals surface area contributed by atoms with Gasteiger partial charge in [0.1, 0.15) is 0 Å². The number of alkyl halides is 3. The van der Waals surface area contributed by atoms with Crippen LogP contribution in [0.4, 0.5) is 26.6 Å².